The van der Waals surface area contributed by atoms with Crippen molar-refractivity contribution >= 4 is 11.9 Å². The summed E-state index contributed by atoms with van der Waals surface area (Å²) < 4.78 is 11.0. The third kappa shape index (κ3) is 12.3. The van der Waals surface area contributed by atoms with Gasteiger partial charge in [0.15, 0.2) is 0 Å². The molecule has 0 spiro atoms. The summed E-state index contributed by atoms with van der Waals surface area (Å²) in [4.78, 5) is 25.0. The zero-order chi connectivity index (χ0) is 21.5. The maximum atomic E-state index is 12.5. The van der Waals surface area contributed by atoms with E-state index in [1.54, 1.807) is 0 Å². The van der Waals surface area contributed by atoms with E-state index >= 15 is 0 Å². The van der Waals surface area contributed by atoms with Crippen LogP contribution in [0.2, 0.25) is 0 Å². The predicted octanol–water partition coefficient (Wildman–Crippen LogP) is 6.70. The zero-order valence-corrected chi connectivity index (χ0v) is 19.5. The summed E-state index contributed by atoms with van der Waals surface area (Å²) in [5, 5.41) is 0. The maximum absolute atomic E-state index is 12.5. The summed E-state index contributed by atoms with van der Waals surface area (Å²) in [5.41, 5.74) is 0. The molecule has 1 fully saturated rings. The van der Waals surface area contributed by atoms with Gasteiger partial charge < -0.3 is 9.47 Å². The fourth-order valence-electron chi connectivity index (χ4n) is 4.09. The molecule has 2 unspecified atom stereocenters. The summed E-state index contributed by atoms with van der Waals surface area (Å²) in [5.74, 6) is 0.470. The minimum absolute atomic E-state index is 0.189. The quantitative estimate of drug-likeness (QED) is 0.222. The molecule has 0 bridgehead atoms. The largest absolute Gasteiger partial charge is 0.465 e. The maximum Gasteiger partial charge on any atom is 0.309 e. The minimum Gasteiger partial charge on any atom is -0.465 e. The van der Waals surface area contributed by atoms with Crippen molar-refractivity contribution in [3.05, 3.63) is 0 Å². The van der Waals surface area contributed by atoms with E-state index in [0.29, 0.717) is 19.1 Å². The Kier molecular flexibility index (Phi) is 14.1. The highest BCUT2D eigenvalue weighted by atomic mass is 16.5. The van der Waals surface area contributed by atoms with Crippen molar-refractivity contribution in [1.29, 1.82) is 0 Å². The highest BCUT2D eigenvalue weighted by Crippen LogP contribution is 2.32. The average Bonchev–Trinajstić information content (AvgIpc) is 2.69. The second-order valence-electron chi connectivity index (χ2n) is 9.67. The van der Waals surface area contributed by atoms with E-state index in [1.807, 2.05) is 0 Å². The van der Waals surface area contributed by atoms with Crippen molar-refractivity contribution < 1.29 is 19.1 Å². The molecule has 0 amide bonds. The summed E-state index contributed by atoms with van der Waals surface area (Å²) >= 11 is 0. The summed E-state index contributed by atoms with van der Waals surface area (Å²) in [6, 6.07) is 0. The first-order chi connectivity index (χ1) is 13.9. The van der Waals surface area contributed by atoms with E-state index in [-0.39, 0.29) is 23.8 Å². The smallest absolute Gasteiger partial charge is 0.309 e. The van der Waals surface area contributed by atoms with Crippen molar-refractivity contribution in [3.63, 3.8) is 0 Å². The van der Waals surface area contributed by atoms with E-state index in [9.17, 15) is 9.59 Å². The Morgan fingerprint density at radius 1 is 0.655 bits per heavy atom. The van der Waals surface area contributed by atoms with Crippen LogP contribution in [0.25, 0.3) is 0 Å². The Morgan fingerprint density at radius 3 is 1.52 bits per heavy atom. The predicted molar refractivity (Wildman–Crippen MR) is 119 cm³/mol. The lowest BCUT2D eigenvalue weighted by Crippen LogP contribution is -2.35. The molecule has 0 aromatic heterocycles. The number of carbonyl (C=O) groups is 2. The molecule has 1 aliphatic carbocycles. The van der Waals surface area contributed by atoms with Crippen molar-refractivity contribution in [3.8, 4) is 0 Å². The first-order valence-electron chi connectivity index (χ1n) is 12.2. The highest BCUT2D eigenvalue weighted by molar-refractivity contribution is 5.82. The number of hydrogen-bond acceptors (Lipinski definition) is 4. The molecule has 29 heavy (non-hydrogen) atoms. The van der Waals surface area contributed by atoms with E-state index in [4.69, 9.17) is 9.47 Å². The highest BCUT2D eigenvalue weighted by Gasteiger charge is 2.37. The van der Waals surface area contributed by atoms with Gasteiger partial charge in [-0.05, 0) is 43.9 Å². The van der Waals surface area contributed by atoms with Crippen LogP contribution in [-0.4, -0.2) is 25.2 Å². The fourth-order valence-corrected chi connectivity index (χ4v) is 4.09. The van der Waals surface area contributed by atoms with Crippen LogP contribution in [0.1, 0.15) is 111 Å². The van der Waals surface area contributed by atoms with Gasteiger partial charge in [0, 0.05) is 0 Å². The van der Waals surface area contributed by atoms with Crippen LogP contribution in [0.3, 0.4) is 0 Å². The van der Waals surface area contributed by atoms with E-state index in [0.717, 1.165) is 63.7 Å². The molecule has 170 valence electrons. The number of ether oxygens (including phenoxy) is 2. The molecule has 1 aliphatic rings. The van der Waals surface area contributed by atoms with Crippen LogP contribution in [0, 0.1) is 23.7 Å². The second kappa shape index (κ2) is 15.7. The van der Waals surface area contributed by atoms with Crippen molar-refractivity contribution in [2.24, 2.45) is 23.7 Å². The normalized spacial score (nSPS) is 19.5. The third-order valence-corrected chi connectivity index (χ3v) is 5.96. The molecule has 0 N–H and O–H groups in total. The van der Waals surface area contributed by atoms with Gasteiger partial charge in [-0.2, -0.15) is 0 Å². The van der Waals surface area contributed by atoms with Crippen LogP contribution < -0.4 is 0 Å². The second-order valence-corrected chi connectivity index (χ2v) is 9.67. The minimum atomic E-state index is -0.308. The molecule has 1 saturated carbocycles. The molecule has 0 radical (unpaired) electrons. The molecule has 2 atom stereocenters. The SMILES string of the molecule is CC(C)CCCCCCCOC(=O)C1CCCCC1C(=O)OCCCCC(C)C. The first kappa shape index (κ1) is 26.0. The lowest BCUT2D eigenvalue weighted by molar-refractivity contribution is -0.163. The van der Waals surface area contributed by atoms with Crippen LogP contribution in [0.15, 0.2) is 0 Å². The Hall–Kier alpha value is -1.06. The third-order valence-electron chi connectivity index (χ3n) is 5.96. The van der Waals surface area contributed by atoms with Crippen molar-refractivity contribution in [1.82, 2.24) is 0 Å². The lowest BCUT2D eigenvalue weighted by Gasteiger charge is -2.28. The number of esters is 2. The molecule has 0 heterocycles. The van der Waals surface area contributed by atoms with E-state index < -0.39 is 0 Å². The zero-order valence-electron chi connectivity index (χ0n) is 19.5. The number of carbonyl (C=O) groups excluding carboxylic acids is 2. The first-order valence-corrected chi connectivity index (χ1v) is 12.2. The lowest BCUT2D eigenvalue weighted by atomic mass is 9.79. The van der Waals surface area contributed by atoms with Crippen LogP contribution in [0.5, 0.6) is 0 Å². The monoisotopic (exact) mass is 410 g/mol. The summed E-state index contributed by atoms with van der Waals surface area (Å²) in [6.45, 7) is 9.90. The fraction of sp³-hybridized carbons (Fsp3) is 0.920. The molecular formula is C25H46O4. The Labute approximate surface area is 179 Å². The van der Waals surface area contributed by atoms with Gasteiger partial charge in [-0.3, -0.25) is 9.59 Å². The molecular weight excluding hydrogens is 364 g/mol. The van der Waals surface area contributed by atoms with Gasteiger partial charge in [0.25, 0.3) is 0 Å². The van der Waals surface area contributed by atoms with Crippen LogP contribution >= 0.6 is 0 Å². The standard InChI is InChI=1S/C25H46O4/c1-20(2)14-8-6-5-7-12-18-28-24(26)22-16-9-10-17-23(22)25(27)29-19-13-11-15-21(3)4/h20-23H,5-19H2,1-4H3. The molecule has 0 aromatic rings. The number of unbranched alkanes of at least 4 members (excludes halogenated alkanes) is 5. The average molecular weight is 411 g/mol. The van der Waals surface area contributed by atoms with Crippen LogP contribution in [0.4, 0.5) is 0 Å². The summed E-state index contributed by atoms with van der Waals surface area (Å²) in [7, 11) is 0. The van der Waals surface area contributed by atoms with Crippen molar-refractivity contribution in [2.45, 2.75) is 111 Å². The molecule has 0 saturated heterocycles. The molecule has 0 aromatic carbocycles. The van der Waals surface area contributed by atoms with Gasteiger partial charge in [0.1, 0.15) is 0 Å². The van der Waals surface area contributed by atoms with Crippen LogP contribution in [-0.2, 0) is 19.1 Å². The van der Waals surface area contributed by atoms with Gasteiger partial charge in [-0.15, -0.1) is 0 Å². The topological polar surface area (TPSA) is 52.6 Å². The Bertz CT molecular complexity index is 444. The number of rotatable bonds is 15. The van der Waals surface area contributed by atoms with Gasteiger partial charge >= 0.3 is 11.9 Å². The molecule has 1 rings (SSSR count). The van der Waals surface area contributed by atoms with Gasteiger partial charge in [0.05, 0.1) is 25.0 Å². The molecule has 4 nitrogen and oxygen atoms in total. The molecule has 0 aliphatic heterocycles. The number of hydrogen-bond donors (Lipinski definition) is 0. The van der Waals surface area contributed by atoms with E-state index in [1.165, 1.54) is 25.7 Å². The summed E-state index contributed by atoms with van der Waals surface area (Å²) in [6.07, 6.45) is 13.7. The van der Waals surface area contributed by atoms with Crippen molar-refractivity contribution in [2.75, 3.05) is 13.2 Å². The Balaban J connectivity index is 2.23. The van der Waals surface area contributed by atoms with Gasteiger partial charge in [-0.1, -0.05) is 79.1 Å². The molecule has 4 heteroatoms. The van der Waals surface area contributed by atoms with Gasteiger partial charge in [-0.25, -0.2) is 0 Å². The van der Waals surface area contributed by atoms with E-state index in [2.05, 4.69) is 27.7 Å². The Morgan fingerprint density at radius 2 is 1.03 bits per heavy atom. The van der Waals surface area contributed by atoms with Gasteiger partial charge in [0.2, 0.25) is 0 Å².